The number of nitrogens with zero attached hydrogens (tertiary/aromatic N) is 1. The summed E-state index contributed by atoms with van der Waals surface area (Å²) in [5.74, 6) is 1.56. The van der Waals surface area contributed by atoms with E-state index in [1.165, 1.54) is 0 Å². The van der Waals surface area contributed by atoms with Crippen molar-refractivity contribution in [2.75, 3.05) is 6.61 Å². The van der Waals surface area contributed by atoms with E-state index in [4.69, 9.17) is 4.74 Å². The fourth-order valence-electron chi connectivity index (χ4n) is 2.05. The lowest BCUT2D eigenvalue weighted by molar-refractivity contribution is 0.326. The Balaban J connectivity index is 1.98. The van der Waals surface area contributed by atoms with Crippen molar-refractivity contribution in [2.24, 2.45) is 0 Å². The topological polar surface area (TPSA) is 37.9 Å². The molecule has 0 saturated carbocycles. The zero-order valence-electron chi connectivity index (χ0n) is 11.1. The van der Waals surface area contributed by atoms with Crippen molar-refractivity contribution in [3.05, 3.63) is 61.2 Å². The van der Waals surface area contributed by atoms with E-state index in [0.29, 0.717) is 6.61 Å². The van der Waals surface area contributed by atoms with Gasteiger partial charge in [-0.05, 0) is 30.7 Å². The molecule has 0 spiro atoms. The van der Waals surface area contributed by atoms with Gasteiger partial charge in [0.1, 0.15) is 11.6 Å². The highest BCUT2D eigenvalue weighted by Crippen LogP contribution is 2.28. The number of ether oxygens (including phenoxy) is 1. The van der Waals surface area contributed by atoms with Crippen LogP contribution in [0, 0.1) is 6.07 Å². The van der Waals surface area contributed by atoms with Gasteiger partial charge in [-0.3, -0.25) is 0 Å². The lowest BCUT2D eigenvalue weighted by atomic mass is 10.2. The first-order chi connectivity index (χ1) is 9.88. The van der Waals surface area contributed by atoms with Crippen LogP contribution in [0.15, 0.2) is 55.1 Å². The number of hydrogen-bond acceptors (Lipinski definition) is 2. The third-order valence-corrected chi connectivity index (χ3v) is 3.02. The molecule has 0 aliphatic rings. The van der Waals surface area contributed by atoms with Crippen molar-refractivity contribution in [1.82, 2.24) is 9.97 Å². The first-order valence-corrected chi connectivity index (χ1v) is 6.58. The molecule has 1 N–H and O–H groups in total. The van der Waals surface area contributed by atoms with Crippen LogP contribution >= 0.6 is 0 Å². The zero-order chi connectivity index (χ0) is 13.8. The smallest absolute Gasteiger partial charge is 0.142 e. The van der Waals surface area contributed by atoms with Crippen LogP contribution in [0.5, 0.6) is 5.75 Å². The minimum Gasteiger partial charge on any atom is -0.492 e. The van der Waals surface area contributed by atoms with Crippen molar-refractivity contribution in [3.8, 4) is 17.1 Å². The largest absolute Gasteiger partial charge is 0.492 e. The predicted molar refractivity (Wildman–Crippen MR) is 80.7 cm³/mol. The summed E-state index contributed by atoms with van der Waals surface area (Å²) in [7, 11) is 0. The molecule has 0 fully saturated rings. The summed E-state index contributed by atoms with van der Waals surface area (Å²) in [6, 6.07) is 16.9. The predicted octanol–water partition coefficient (Wildman–Crippen LogP) is 3.98. The summed E-state index contributed by atoms with van der Waals surface area (Å²) in [4.78, 5) is 7.89. The molecule has 0 unspecified atom stereocenters. The van der Waals surface area contributed by atoms with E-state index in [9.17, 15) is 0 Å². The van der Waals surface area contributed by atoms with Gasteiger partial charge in [0.2, 0.25) is 0 Å². The van der Waals surface area contributed by atoms with Crippen LogP contribution in [0.2, 0.25) is 0 Å². The molecule has 3 rings (SSSR count). The van der Waals surface area contributed by atoms with Crippen molar-refractivity contribution >= 4 is 11.0 Å². The Bertz CT molecular complexity index is 697. The molecule has 0 atom stereocenters. The van der Waals surface area contributed by atoms with E-state index in [1.807, 2.05) is 48.5 Å². The highest BCUT2D eigenvalue weighted by Gasteiger charge is 2.10. The fourth-order valence-corrected chi connectivity index (χ4v) is 2.05. The number of para-hydroxylation sites is 2. The Kier molecular flexibility index (Phi) is 3.50. The van der Waals surface area contributed by atoms with Gasteiger partial charge >= 0.3 is 0 Å². The Morgan fingerprint density at radius 1 is 1.25 bits per heavy atom. The fraction of sp³-hybridized carbons (Fsp3) is 0.118. The summed E-state index contributed by atoms with van der Waals surface area (Å²) in [6.45, 7) is 4.30. The monoisotopic (exact) mass is 263 g/mol. The molecular weight excluding hydrogens is 248 g/mol. The van der Waals surface area contributed by atoms with Gasteiger partial charge in [0.15, 0.2) is 0 Å². The van der Waals surface area contributed by atoms with Crippen LogP contribution in [0.4, 0.5) is 0 Å². The van der Waals surface area contributed by atoms with Gasteiger partial charge in [-0.25, -0.2) is 4.98 Å². The molecule has 3 nitrogen and oxygen atoms in total. The average molecular weight is 263 g/mol. The molecule has 0 saturated heterocycles. The molecule has 0 amide bonds. The standard InChI is InChI=1S/C17H15N2O/c1-2-3-12-20-16-11-7-4-8-13(16)17-18-14-9-5-6-10-15(14)19-17/h2,4-7,9-11H,1,3,12H2,(H,18,19). The second-order valence-electron chi connectivity index (χ2n) is 4.44. The number of rotatable bonds is 5. The van der Waals surface area contributed by atoms with Gasteiger partial charge in [-0.2, -0.15) is 0 Å². The van der Waals surface area contributed by atoms with Gasteiger partial charge in [0.25, 0.3) is 0 Å². The number of fused-ring (bicyclic) bond motifs is 1. The van der Waals surface area contributed by atoms with Gasteiger partial charge in [-0.1, -0.05) is 30.3 Å². The Hall–Kier alpha value is -2.55. The molecule has 3 aromatic rings. The van der Waals surface area contributed by atoms with Crippen LogP contribution in [0.1, 0.15) is 6.42 Å². The minimum absolute atomic E-state index is 0.606. The molecule has 3 heteroatoms. The van der Waals surface area contributed by atoms with E-state index >= 15 is 0 Å². The second kappa shape index (κ2) is 5.61. The molecule has 0 aliphatic carbocycles. The molecule has 20 heavy (non-hydrogen) atoms. The summed E-state index contributed by atoms with van der Waals surface area (Å²) < 4.78 is 5.77. The van der Waals surface area contributed by atoms with Gasteiger partial charge in [0, 0.05) is 0 Å². The normalized spacial score (nSPS) is 10.6. The van der Waals surface area contributed by atoms with Gasteiger partial charge in [-0.15, -0.1) is 6.58 Å². The molecule has 1 aromatic heterocycles. The van der Waals surface area contributed by atoms with E-state index in [-0.39, 0.29) is 0 Å². The number of H-pyrrole nitrogens is 1. The van der Waals surface area contributed by atoms with Crippen LogP contribution < -0.4 is 4.74 Å². The third kappa shape index (κ3) is 2.43. The van der Waals surface area contributed by atoms with Crippen LogP contribution in [-0.4, -0.2) is 16.6 Å². The molecule has 0 bridgehead atoms. The molecule has 2 aromatic carbocycles. The maximum atomic E-state index is 5.77. The number of nitrogens with one attached hydrogen (secondary N) is 1. The summed E-state index contributed by atoms with van der Waals surface area (Å²) in [6.07, 6.45) is 2.65. The van der Waals surface area contributed by atoms with Crippen molar-refractivity contribution in [3.63, 3.8) is 0 Å². The number of aromatic amines is 1. The SMILES string of the molecule is C=CCCOc1ccc[c]c1-c1nc2ccccc2[nH]1. The number of aromatic nitrogens is 2. The number of imidazole rings is 1. The number of hydrogen-bond donors (Lipinski definition) is 1. The quantitative estimate of drug-likeness (QED) is 0.558. The Morgan fingerprint density at radius 3 is 3.00 bits per heavy atom. The second-order valence-corrected chi connectivity index (χ2v) is 4.44. The van der Waals surface area contributed by atoms with Crippen molar-refractivity contribution < 1.29 is 4.74 Å². The van der Waals surface area contributed by atoms with Crippen LogP contribution in [0.3, 0.4) is 0 Å². The summed E-state index contributed by atoms with van der Waals surface area (Å²) >= 11 is 0. The van der Waals surface area contributed by atoms with E-state index < -0.39 is 0 Å². The van der Waals surface area contributed by atoms with Crippen molar-refractivity contribution in [1.29, 1.82) is 0 Å². The lowest BCUT2D eigenvalue weighted by Crippen LogP contribution is -1.97. The molecule has 99 valence electrons. The van der Waals surface area contributed by atoms with Crippen LogP contribution in [-0.2, 0) is 0 Å². The molecule has 1 radical (unpaired) electrons. The summed E-state index contributed by atoms with van der Waals surface area (Å²) in [5, 5.41) is 0. The third-order valence-electron chi connectivity index (χ3n) is 3.02. The summed E-state index contributed by atoms with van der Waals surface area (Å²) in [5.41, 5.74) is 2.81. The molecule has 1 heterocycles. The van der Waals surface area contributed by atoms with Crippen LogP contribution in [0.25, 0.3) is 22.4 Å². The van der Waals surface area contributed by atoms with Gasteiger partial charge in [0.05, 0.1) is 23.2 Å². The van der Waals surface area contributed by atoms with E-state index in [1.54, 1.807) is 0 Å². The maximum Gasteiger partial charge on any atom is 0.142 e. The first-order valence-electron chi connectivity index (χ1n) is 6.58. The van der Waals surface area contributed by atoms with Crippen molar-refractivity contribution in [2.45, 2.75) is 6.42 Å². The Labute approximate surface area is 117 Å². The zero-order valence-corrected chi connectivity index (χ0v) is 11.1. The average Bonchev–Trinajstić information content (AvgIpc) is 2.92. The first kappa shape index (κ1) is 12.5. The highest BCUT2D eigenvalue weighted by molar-refractivity contribution is 5.80. The molecule has 0 aliphatic heterocycles. The lowest BCUT2D eigenvalue weighted by Gasteiger charge is -2.08. The van der Waals surface area contributed by atoms with Gasteiger partial charge < -0.3 is 9.72 Å². The number of benzene rings is 2. The maximum absolute atomic E-state index is 5.77. The Morgan fingerprint density at radius 2 is 2.15 bits per heavy atom. The molecular formula is C17H15N2O. The highest BCUT2D eigenvalue weighted by atomic mass is 16.5. The van der Waals surface area contributed by atoms with E-state index in [2.05, 4.69) is 22.6 Å². The minimum atomic E-state index is 0.606. The van der Waals surface area contributed by atoms with E-state index in [0.717, 1.165) is 34.6 Å².